The fraction of sp³-hybridized carbons (Fsp3) is 0.333. The molecule has 1 aromatic heterocycles. The van der Waals surface area contributed by atoms with E-state index in [2.05, 4.69) is 4.98 Å². The second-order valence-electron chi connectivity index (χ2n) is 7.12. The fourth-order valence-electron chi connectivity index (χ4n) is 3.05. The summed E-state index contributed by atoms with van der Waals surface area (Å²) < 4.78 is 26.0. The van der Waals surface area contributed by atoms with Crippen LogP contribution in [0.3, 0.4) is 0 Å². The third kappa shape index (κ3) is 5.96. The molecule has 6 nitrogen and oxygen atoms in total. The number of carbonyl (C=O) groups excluding carboxylic acids is 1. The lowest BCUT2D eigenvalue weighted by molar-refractivity contribution is 0.0983. The SMILES string of the molecule is CCS(=O)(=O)c1ccccc1C(=O)N(CCCN(C)C)c1nc2ccc(Cl)cc2s1.Cl. The second-order valence-corrected chi connectivity index (χ2v) is 10.8. The molecular weight excluding hydrogens is 477 g/mol. The summed E-state index contributed by atoms with van der Waals surface area (Å²) >= 11 is 7.46. The molecule has 0 N–H and O–H groups in total. The van der Waals surface area contributed by atoms with Crippen molar-refractivity contribution < 1.29 is 13.2 Å². The van der Waals surface area contributed by atoms with Crippen molar-refractivity contribution in [3.8, 4) is 0 Å². The molecule has 3 rings (SSSR count). The summed E-state index contributed by atoms with van der Waals surface area (Å²) in [4.78, 5) is 21.8. The largest absolute Gasteiger partial charge is 0.309 e. The molecule has 1 amide bonds. The van der Waals surface area contributed by atoms with Crippen LogP contribution in [0.4, 0.5) is 5.13 Å². The molecule has 0 atom stereocenters. The first-order valence-corrected chi connectivity index (χ1v) is 12.4. The number of thiazole rings is 1. The Labute approximate surface area is 198 Å². The van der Waals surface area contributed by atoms with Gasteiger partial charge in [0, 0.05) is 11.6 Å². The zero-order valence-corrected chi connectivity index (χ0v) is 20.7. The highest BCUT2D eigenvalue weighted by atomic mass is 35.5. The molecule has 0 saturated carbocycles. The normalized spacial score (nSPS) is 11.5. The number of anilines is 1. The standard InChI is InChI=1S/C21H24ClN3O3S2.ClH/c1-4-30(27,28)19-9-6-5-8-16(19)20(26)25(13-7-12-24(2)3)21-23-17-11-10-15(22)14-18(17)29-21;/h5-6,8-11,14H,4,7,12-13H2,1-3H3;1H. The number of hydrogen-bond donors (Lipinski definition) is 0. The minimum atomic E-state index is -3.54. The Balaban J connectivity index is 0.00000341. The van der Waals surface area contributed by atoms with Crippen LogP contribution in [-0.4, -0.2) is 57.1 Å². The molecule has 0 saturated heterocycles. The Morgan fingerprint density at radius 3 is 2.52 bits per heavy atom. The number of fused-ring (bicyclic) bond motifs is 1. The molecule has 0 aliphatic heterocycles. The lowest BCUT2D eigenvalue weighted by Gasteiger charge is -2.22. The van der Waals surface area contributed by atoms with Gasteiger partial charge in [-0.1, -0.05) is 42.0 Å². The Bertz CT molecular complexity index is 1160. The van der Waals surface area contributed by atoms with E-state index in [-0.39, 0.29) is 34.5 Å². The van der Waals surface area contributed by atoms with E-state index in [1.165, 1.54) is 17.4 Å². The maximum Gasteiger partial charge on any atom is 0.261 e. The Kier molecular flexibility index (Phi) is 8.85. The molecule has 1 heterocycles. The molecule has 0 unspecified atom stereocenters. The summed E-state index contributed by atoms with van der Waals surface area (Å²) in [6, 6.07) is 11.8. The maximum absolute atomic E-state index is 13.5. The van der Waals surface area contributed by atoms with Crippen molar-refractivity contribution in [2.45, 2.75) is 18.2 Å². The Morgan fingerprint density at radius 2 is 1.84 bits per heavy atom. The van der Waals surface area contributed by atoms with E-state index in [1.807, 2.05) is 31.1 Å². The molecule has 0 radical (unpaired) electrons. The number of aromatic nitrogens is 1. The zero-order chi connectivity index (χ0) is 21.9. The van der Waals surface area contributed by atoms with Gasteiger partial charge in [-0.2, -0.15) is 0 Å². The van der Waals surface area contributed by atoms with Crippen LogP contribution in [0.2, 0.25) is 5.02 Å². The van der Waals surface area contributed by atoms with Crippen molar-refractivity contribution >= 4 is 66.4 Å². The molecule has 2 aromatic carbocycles. The van der Waals surface area contributed by atoms with Gasteiger partial charge >= 0.3 is 0 Å². The van der Waals surface area contributed by atoms with Gasteiger partial charge in [-0.15, -0.1) is 12.4 Å². The highest BCUT2D eigenvalue weighted by Gasteiger charge is 2.27. The van der Waals surface area contributed by atoms with Crippen molar-refractivity contribution in [2.24, 2.45) is 0 Å². The topological polar surface area (TPSA) is 70.6 Å². The number of hydrogen-bond acceptors (Lipinski definition) is 6. The maximum atomic E-state index is 13.5. The third-order valence-electron chi connectivity index (χ3n) is 4.63. The Morgan fingerprint density at radius 1 is 1.13 bits per heavy atom. The molecule has 0 spiro atoms. The van der Waals surface area contributed by atoms with Gasteiger partial charge in [0.15, 0.2) is 15.0 Å². The van der Waals surface area contributed by atoms with Crippen LogP contribution in [0, 0.1) is 0 Å². The molecule has 0 aliphatic rings. The summed E-state index contributed by atoms with van der Waals surface area (Å²) in [6.45, 7) is 2.78. The number of carbonyl (C=O) groups is 1. The average Bonchev–Trinajstić information content (AvgIpc) is 3.13. The van der Waals surface area contributed by atoms with Gasteiger partial charge < -0.3 is 4.90 Å². The molecule has 3 aromatic rings. The molecule has 31 heavy (non-hydrogen) atoms. The van der Waals surface area contributed by atoms with Crippen LogP contribution in [0.5, 0.6) is 0 Å². The van der Waals surface area contributed by atoms with Gasteiger partial charge in [-0.3, -0.25) is 9.69 Å². The predicted octanol–water partition coefficient (Wildman–Crippen LogP) is 4.76. The van der Waals surface area contributed by atoms with Gasteiger partial charge in [0.05, 0.1) is 26.4 Å². The lowest BCUT2D eigenvalue weighted by atomic mass is 10.2. The van der Waals surface area contributed by atoms with E-state index in [1.54, 1.807) is 36.1 Å². The summed E-state index contributed by atoms with van der Waals surface area (Å²) in [5.41, 5.74) is 0.917. The van der Waals surface area contributed by atoms with Crippen molar-refractivity contribution in [3.63, 3.8) is 0 Å². The van der Waals surface area contributed by atoms with Crippen molar-refractivity contribution in [1.29, 1.82) is 0 Å². The number of rotatable bonds is 8. The number of halogens is 2. The van der Waals surface area contributed by atoms with Crippen LogP contribution in [0.25, 0.3) is 10.2 Å². The van der Waals surface area contributed by atoms with Gasteiger partial charge in [-0.05, 0) is 57.4 Å². The number of nitrogens with zero attached hydrogens (tertiary/aromatic N) is 3. The van der Waals surface area contributed by atoms with E-state index in [4.69, 9.17) is 11.6 Å². The number of amides is 1. The number of benzene rings is 2. The number of sulfone groups is 1. The van der Waals surface area contributed by atoms with Crippen LogP contribution in [-0.2, 0) is 9.84 Å². The monoisotopic (exact) mass is 501 g/mol. The first-order valence-electron chi connectivity index (χ1n) is 9.57. The molecule has 168 valence electrons. The van der Waals surface area contributed by atoms with E-state index >= 15 is 0 Å². The third-order valence-corrected chi connectivity index (χ3v) is 7.70. The molecule has 0 aliphatic carbocycles. The lowest BCUT2D eigenvalue weighted by Crippen LogP contribution is -2.34. The second kappa shape index (κ2) is 10.7. The van der Waals surface area contributed by atoms with Crippen molar-refractivity contribution in [3.05, 3.63) is 53.1 Å². The first kappa shape index (κ1) is 25.5. The average molecular weight is 502 g/mol. The van der Waals surface area contributed by atoms with E-state index < -0.39 is 9.84 Å². The van der Waals surface area contributed by atoms with Crippen LogP contribution >= 0.6 is 35.3 Å². The van der Waals surface area contributed by atoms with E-state index in [0.29, 0.717) is 16.7 Å². The predicted molar refractivity (Wildman–Crippen MR) is 131 cm³/mol. The van der Waals surface area contributed by atoms with Crippen LogP contribution < -0.4 is 4.90 Å². The highest BCUT2D eigenvalue weighted by molar-refractivity contribution is 7.91. The van der Waals surface area contributed by atoms with Crippen molar-refractivity contribution in [2.75, 3.05) is 37.8 Å². The smallest absolute Gasteiger partial charge is 0.261 e. The van der Waals surface area contributed by atoms with Crippen LogP contribution in [0.15, 0.2) is 47.4 Å². The Hall–Kier alpha value is -1.71. The van der Waals surface area contributed by atoms with Gasteiger partial charge in [0.25, 0.3) is 5.91 Å². The highest BCUT2D eigenvalue weighted by Crippen LogP contribution is 2.32. The minimum Gasteiger partial charge on any atom is -0.309 e. The zero-order valence-electron chi connectivity index (χ0n) is 17.5. The van der Waals surface area contributed by atoms with E-state index in [9.17, 15) is 13.2 Å². The van der Waals surface area contributed by atoms with Gasteiger partial charge in [-0.25, -0.2) is 13.4 Å². The van der Waals surface area contributed by atoms with Crippen molar-refractivity contribution in [1.82, 2.24) is 9.88 Å². The first-order chi connectivity index (χ1) is 14.2. The molecule has 10 heteroatoms. The quantitative estimate of drug-likeness (QED) is 0.444. The van der Waals surface area contributed by atoms with Crippen LogP contribution in [0.1, 0.15) is 23.7 Å². The minimum absolute atomic E-state index is 0. The summed E-state index contributed by atoms with van der Waals surface area (Å²) in [7, 11) is 0.391. The summed E-state index contributed by atoms with van der Waals surface area (Å²) in [5, 5.41) is 1.13. The summed E-state index contributed by atoms with van der Waals surface area (Å²) in [5.74, 6) is -0.441. The van der Waals surface area contributed by atoms with Gasteiger partial charge in [0.1, 0.15) is 0 Å². The summed E-state index contributed by atoms with van der Waals surface area (Å²) in [6.07, 6.45) is 0.720. The van der Waals surface area contributed by atoms with E-state index in [0.717, 1.165) is 23.2 Å². The fourth-order valence-corrected chi connectivity index (χ4v) is 5.40. The molecule has 0 bridgehead atoms. The molecular formula is C21H25Cl2N3O3S2. The molecule has 0 fully saturated rings. The van der Waals surface area contributed by atoms with Gasteiger partial charge in [0.2, 0.25) is 0 Å².